The molecule has 5 heteroatoms. The number of aromatic hydroxyl groups is 1. The quantitative estimate of drug-likeness (QED) is 0.783. The highest BCUT2D eigenvalue weighted by Crippen LogP contribution is 2.26. The number of rotatable bonds is 4. The van der Waals surface area contributed by atoms with Crippen LogP contribution in [0.4, 0.5) is 0 Å². The van der Waals surface area contributed by atoms with Crippen LogP contribution in [-0.4, -0.2) is 35.9 Å². The molecule has 1 fully saturated rings. The van der Waals surface area contributed by atoms with E-state index in [1.54, 1.807) is 6.07 Å². The van der Waals surface area contributed by atoms with E-state index >= 15 is 0 Å². The second-order valence-corrected chi connectivity index (χ2v) is 5.19. The highest BCUT2D eigenvalue weighted by Gasteiger charge is 2.26. The van der Waals surface area contributed by atoms with Crippen LogP contribution in [0.3, 0.4) is 0 Å². The molecule has 2 rings (SSSR count). The van der Waals surface area contributed by atoms with Crippen molar-refractivity contribution in [3.8, 4) is 11.5 Å². The number of phenols is 1. The molecule has 1 saturated carbocycles. The third-order valence-electron chi connectivity index (χ3n) is 3.91. The number of ether oxygens (including phenoxy) is 1. The minimum atomic E-state index is -0.327. The number of carbonyl (C=O) groups is 1. The summed E-state index contributed by atoms with van der Waals surface area (Å²) in [5, 5.41) is 22.1. The summed E-state index contributed by atoms with van der Waals surface area (Å²) in [6, 6.07) is 4.52. The maximum Gasteiger partial charge on any atom is 0.255 e. The third kappa shape index (κ3) is 3.22. The number of methoxy groups -OCH3 is 1. The van der Waals surface area contributed by atoms with Crippen molar-refractivity contribution in [2.45, 2.75) is 31.7 Å². The molecule has 0 spiro atoms. The summed E-state index contributed by atoms with van der Waals surface area (Å²) in [5.41, 5.74) is 0.201. The number of carbonyl (C=O) groups excluding carboxylic acids is 1. The molecule has 0 radical (unpaired) electrons. The van der Waals surface area contributed by atoms with Crippen LogP contribution < -0.4 is 10.1 Å². The molecule has 1 aliphatic carbocycles. The molecule has 1 aliphatic rings. The summed E-state index contributed by atoms with van der Waals surface area (Å²) < 4.78 is 5.06. The van der Waals surface area contributed by atoms with Gasteiger partial charge in [-0.1, -0.05) is 12.8 Å². The SMILES string of the molecule is COc1ccc(O)c(C(=O)NC2CCCCC2CO)c1. The Balaban J connectivity index is 2.11. The first kappa shape index (κ1) is 14.7. The molecule has 1 amide bonds. The van der Waals surface area contributed by atoms with E-state index < -0.39 is 0 Å². The number of aliphatic hydroxyl groups excluding tert-OH is 1. The zero-order valence-electron chi connectivity index (χ0n) is 11.6. The van der Waals surface area contributed by atoms with Crippen molar-refractivity contribution in [3.63, 3.8) is 0 Å². The summed E-state index contributed by atoms with van der Waals surface area (Å²) in [6.45, 7) is 0.0784. The zero-order valence-corrected chi connectivity index (χ0v) is 11.6. The van der Waals surface area contributed by atoms with Crippen molar-refractivity contribution >= 4 is 5.91 Å². The first-order chi connectivity index (χ1) is 9.65. The molecule has 2 atom stereocenters. The fourth-order valence-electron chi connectivity index (χ4n) is 2.69. The topological polar surface area (TPSA) is 78.8 Å². The molecule has 0 aliphatic heterocycles. The monoisotopic (exact) mass is 279 g/mol. The average Bonchev–Trinajstić information content (AvgIpc) is 2.48. The number of aliphatic hydroxyl groups is 1. The Bertz CT molecular complexity index is 475. The molecule has 110 valence electrons. The summed E-state index contributed by atoms with van der Waals surface area (Å²) in [5.74, 6) is 0.224. The fourth-order valence-corrected chi connectivity index (χ4v) is 2.69. The van der Waals surface area contributed by atoms with Crippen LogP contribution in [0.5, 0.6) is 11.5 Å². The molecular formula is C15H21NO4. The van der Waals surface area contributed by atoms with E-state index in [2.05, 4.69) is 5.32 Å². The van der Waals surface area contributed by atoms with Crippen molar-refractivity contribution in [1.82, 2.24) is 5.32 Å². The molecular weight excluding hydrogens is 258 g/mol. The lowest BCUT2D eigenvalue weighted by Crippen LogP contribution is -2.43. The van der Waals surface area contributed by atoms with Gasteiger partial charge in [0.1, 0.15) is 11.5 Å². The van der Waals surface area contributed by atoms with Crippen molar-refractivity contribution in [1.29, 1.82) is 0 Å². The third-order valence-corrected chi connectivity index (χ3v) is 3.91. The molecule has 1 aromatic carbocycles. The fraction of sp³-hybridized carbons (Fsp3) is 0.533. The average molecular weight is 279 g/mol. The first-order valence-electron chi connectivity index (χ1n) is 6.94. The minimum Gasteiger partial charge on any atom is -0.507 e. The normalized spacial score (nSPS) is 22.3. The predicted octanol–water partition coefficient (Wildman–Crippen LogP) is 1.68. The van der Waals surface area contributed by atoms with Gasteiger partial charge in [-0.15, -0.1) is 0 Å². The van der Waals surface area contributed by atoms with Gasteiger partial charge in [-0.25, -0.2) is 0 Å². The number of phenolic OH excluding ortho intramolecular Hbond substituents is 1. The van der Waals surface area contributed by atoms with E-state index in [0.717, 1.165) is 25.7 Å². The lowest BCUT2D eigenvalue weighted by Gasteiger charge is -2.30. The van der Waals surface area contributed by atoms with Gasteiger partial charge in [-0.05, 0) is 31.0 Å². The maximum absolute atomic E-state index is 12.3. The Kier molecular flexibility index (Phi) is 4.84. The highest BCUT2D eigenvalue weighted by atomic mass is 16.5. The van der Waals surface area contributed by atoms with E-state index in [-0.39, 0.29) is 35.8 Å². The smallest absolute Gasteiger partial charge is 0.255 e. The van der Waals surface area contributed by atoms with Gasteiger partial charge in [-0.2, -0.15) is 0 Å². The second-order valence-electron chi connectivity index (χ2n) is 5.19. The van der Waals surface area contributed by atoms with Crippen LogP contribution in [0.25, 0.3) is 0 Å². The molecule has 0 bridgehead atoms. The van der Waals surface area contributed by atoms with E-state index in [9.17, 15) is 15.0 Å². The highest BCUT2D eigenvalue weighted by molar-refractivity contribution is 5.97. The second kappa shape index (κ2) is 6.61. The van der Waals surface area contributed by atoms with Crippen molar-refractivity contribution in [2.75, 3.05) is 13.7 Å². The Hall–Kier alpha value is -1.75. The van der Waals surface area contributed by atoms with Crippen LogP contribution in [0, 0.1) is 5.92 Å². The summed E-state index contributed by atoms with van der Waals surface area (Å²) >= 11 is 0. The van der Waals surface area contributed by atoms with Gasteiger partial charge < -0.3 is 20.3 Å². The maximum atomic E-state index is 12.3. The summed E-state index contributed by atoms with van der Waals surface area (Å²) in [4.78, 5) is 12.3. The number of hydrogen-bond donors (Lipinski definition) is 3. The Morgan fingerprint density at radius 2 is 2.15 bits per heavy atom. The van der Waals surface area contributed by atoms with E-state index in [1.807, 2.05) is 0 Å². The Morgan fingerprint density at radius 1 is 1.40 bits per heavy atom. The first-order valence-corrected chi connectivity index (χ1v) is 6.94. The van der Waals surface area contributed by atoms with E-state index in [4.69, 9.17) is 4.74 Å². The number of nitrogens with one attached hydrogen (secondary N) is 1. The summed E-state index contributed by atoms with van der Waals surface area (Å²) in [7, 11) is 1.51. The van der Waals surface area contributed by atoms with Crippen LogP contribution in [0.1, 0.15) is 36.0 Å². The molecule has 20 heavy (non-hydrogen) atoms. The zero-order chi connectivity index (χ0) is 14.5. The van der Waals surface area contributed by atoms with Gasteiger partial charge >= 0.3 is 0 Å². The van der Waals surface area contributed by atoms with Gasteiger partial charge in [0.15, 0.2) is 0 Å². The molecule has 0 heterocycles. The van der Waals surface area contributed by atoms with Gasteiger partial charge in [0.2, 0.25) is 0 Å². The molecule has 0 saturated heterocycles. The molecule has 5 nitrogen and oxygen atoms in total. The lowest BCUT2D eigenvalue weighted by atomic mass is 9.85. The van der Waals surface area contributed by atoms with Gasteiger partial charge in [0, 0.05) is 18.6 Å². The van der Waals surface area contributed by atoms with Crippen LogP contribution >= 0.6 is 0 Å². The van der Waals surface area contributed by atoms with E-state index in [0.29, 0.717) is 5.75 Å². The van der Waals surface area contributed by atoms with Crippen LogP contribution in [0.15, 0.2) is 18.2 Å². The lowest BCUT2D eigenvalue weighted by molar-refractivity contribution is 0.0869. The predicted molar refractivity (Wildman–Crippen MR) is 75.0 cm³/mol. The van der Waals surface area contributed by atoms with Crippen LogP contribution in [-0.2, 0) is 0 Å². The van der Waals surface area contributed by atoms with Gasteiger partial charge in [0.05, 0.1) is 12.7 Å². The molecule has 1 aromatic rings. The summed E-state index contributed by atoms with van der Waals surface area (Å²) in [6.07, 6.45) is 3.92. The largest absolute Gasteiger partial charge is 0.507 e. The molecule has 0 aromatic heterocycles. The van der Waals surface area contributed by atoms with E-state index in [1.165, 1.54) is 19.2 Å². The molecule has 3 N–H and O–H groups in total. The number of hydrogen-bond acceptors (Lipinski definition) is 4. The van der Waals surface area contributed by atoms with Crippen molar-refractivity contribution in [3.05, 3.63) is 23.8 Å². The number of amides is 1. The Labute approximate surface area is 118 Å². The number of benzene rings is 1. The van der Waals surface area contributed by atoms with Gasteiger partial charge in [0.25, 0.3) is 5.91 Å². The van der Waals surface area contributed by atoms with Crippen molar-refractivity contribution in [2.24, 2.45) is 5.92 Å². The van der Waals surface area contributed by atoms with Gasteiger partial charge in [-0.3, -0.25) is 4.79 Å². The van der Waals surface area contributed by atoms with Crippen molar-refractivity contribution < 1.29 is 19.7 Å². The van der Waals surface area contributed by atoms with Crippen LogP contribution in [0.2, 0.25) is 0 Å². The molecule has 2 unspecified atom stereocenters. The standard InChI is InChI=1S/C15H21NO4/c1-20-11-6-7-14(18)12(8-11)15(19)16-13-5-3-2-4-10(13)9-17/h6-8,10,13,17-18H,2-5,9H2,1H3,(H,16,19). The Morgan fingerprint density at radius 3 is 2.85 bits per heavy atom. The minimum absolute atomic E-state index is 0.0353.